The number of benzene rings is 1. The zero-order chi connectivity index (χ0) is 16.5. The van der Waals surface area contributed by atoms with Crippen molar-refractivity contribution in [3.8, 4) is 0 Å². The lowest BCUT2D eigenvalue weighted by Gasteiger charge is -2.32. The molecule has 0 radical (unpaired) electrons. The Labute approximate surface area is 141 Å². The van der Waals surface area contributed by atoms with E-state index in [4.69, 9.17) is 0 Å². The van der Waals surface area contributed by atoms with Crippen LogP contribution in [0.5, 0.6) is 0 Å². The number of nitrogens with zero attached hydrogens (tertiary/aromatic N) is 2. The van der Waals surface area contributed by atoms with Gasteiger partial charge in [-0.2, -0.15) is 5.10 Å². The highest BCUT2D eigenvalue weighted by molar-refractivity contribution is 5.90. The number of carbonyl (C=O) groups excluding carboxylic acids is 1. The van der Waals surface area contributed by atoms with Crippen LogP contribution in [0.3, 0.4) is 0 Å². The fraction of sp³-hybridized carbons (Fsp3) is 0.368. The van der Waals surface area contributed by atoms with Gasteiger partial charge in [-0.05, 0) is 37.5 Å². The number of H-pyrrole nitrogens is 2. The number of hydrogen-bond acceptors (Lipinski definition) is 2. The monoisotopic (exact) mass is 322 g/mol. The van der Waals surface area contributed by atoms with Gasteiger partial charge in [-0.3, -0.25) is 9.89 Å². The van der Waals surface area contributed by atoms with Crippen LogP contribution in [0.4, 0.5) is 0 Å². The Hall–Kier alpha value is -2.56. The molecular weight excluding hydrogens is 300 g/mol. The highest BCUT2D eigenvalue weighted by atomic mass is 16.2. The molecule has 1 aromatic carbocycles. The van der Waals surface area contributed by atoms with Gasteiger partial charge in [-0.25, -0.2) is 0 Å². The van der Waals surface area contributed by atoms with Gasteiger partial charge in [-0.15, -0.1) is 0 Å². The summed E-state index contributed by atoms with van der Waals surface area (Å²) in [7, 11) is 0. The van der Waals surface area contributed by atoms with Gasteiger partial charge in [0.2, 0.25) is 5.91 Å². The largest absolute Gasteiger partial charge is 0.358 e. The van der Waals surface area contributed by atoms with Crippen molar-refractivity contribution in [2.24, 2.45) is 0 Å². The molecule has 0 spiro atoms. The fourth-order valence-electron chi connectivity index (χ4n) is 3.78. The van der Waals surface area contributed by atoms with Gasteiger partial charge in [0.25, 0.3) is 0 Å². The molecule has 4 rings (SSSR count). The number of nitrogens with one attached hydrogen (secondary N) is 2. The van der Waals surface area contributed by atoms with Crippen molar-refractivity contribution in [1.29, 1.82) is 0 Å². The number of carbonyl (C=O) groups is 1. The van der Waals surface area contributed by atoms with Gasteiger partial charge in [0.1, 0.15) is 0 Å². The van der Waals surface area contributed by atoms with Crippen LogP contribution in [0, 0.1) is 6.92 Å². The van der Waals surface area contributed by atoms with Crippen molar-refractivity contribution < 1.29 is 4.79 Å². The minimum Gasteiger partial charge on any atom is -0.358 e. The van der Waals surface area contributed by atoms with Gasteiger partial charge in [0.15, 0.2) is 0 Å². The van der Waals surface area contributed by atoms with Crippen LogP contribution >= 0.6 is 0 Å². The Morgan fingerprint density at radius 2 is 2.21 bits per heavy atom. The predicted octanol–water partition coefficient (Wildman–Crippen LogP) is 3.15. The Balaban J connectivity index is 1.52. The summed E-state index contributed by atoms with van der Waals surface area (Å²) in [5.41, 5.74) is 4.45. The Morgan fingerprint density at radius 3 is 3.04 bits per heavy atom. The summed E-state index contributed by atoms with van der Waals surface area (Å²) in [6, 6.07) is 10.2. The Morgan fingerprint density at radius 1 is 1.33 bits per heavy atom. The number of aryl methyl sites for hydroxylation is 1. The third kappa shape index (κ3) is 2.70. The summed E-state index contributed by atoms with van der Waals surface area (Å²) >= 11 is 0. The lowest BCUT2D eigenvalue weighted by Crippen LogP contribution is -2.40. The van der Waals surface area contributed by atoms with Crippen LogP contribution in [0.1, 0.15) is 35.7 Å². The first-order valence-corrected chi connectivity index (χ1v) is 8.55. The third-order valence-electron chi connectivity index (χ3n) is 5.09. The number of rotatable bonds is 3. The molecule has 1 unspecified atom stereocenters. The summed E-state index contributed by atoms with van der Waals surface area (Å²) in [4.78, 5) is 18.3. The molecule has 1 aliphatic heterocycles. The maximum absolute atomic E-state index is 12.9. The Kier molecular flexibility index (Phi) is 3.84. The van der Waals surface area contributed by atoms with Crippen molar-refractivity contribution in [2.45, 2.75) is 32.1 Å². The number of hydrogen-bond donors (Lipinski definition) is 2. The predicted molar refractivity (Wildman–Crippen MR) is 93.9 cm³/mol. The molecule has 1 saturated heterocycles. The Bertz CT molecular complexity index is 850. The maximum Gasteiger partial charge on any atom is 0.227 e. The minimum atomic E-state index is 0.215. The SMILES string of the molecule is Cc1[nH]c2ccccc2c1CC(=O)N1CCCC(c2ccn[nH]2)C1. The summed E-state index contributed by atoms with van der Waals surface area (Å²) < 4.78 is 0. The summed E-state index contributed by atoms with van der Waals surface area (Å²) in [6.07, 6.45) is 4.40. The summed E-state index contributed by atoms with van der Waals surface area (Å²) in [6.45, 7) is 3.68. The van der Waals surface area contributed by atoms with Crippen molar-refractivity contribution in [3.05, 3.63) is 53.5 Å². The number of aromatic nitrogens is 3. The highest BCUT2D eigenvalue weighted by Crippen LogP contribution is 2.27. The molecule has 1 aliphatic rings. The zero-order valence-corrected chi connectivity index (χ0v) is 13.9. The maximum atomic E-state index is 12.9. The molecular formula is C19H22N4O. The van der Waals surface area contributed by atoms with Crippen molar-refractivity contribution in [2.75, 3.05) is 13.1 Å². The molecule has 5 heteroatoms. The quantitative estimate of drug-likeness (QED) is 0.778. The van der Waals surface area contributed by atoms with E-state index in [2.05, 4.69) is 27.3 Å². The molecule has 0 aliphatic carbocycles. The normalized spacial score (nSPS) is 18.2. The molecule has 124 valence electrons. The fourth-order valence-corrected chi connectivity index (χ4v) is 3.78. The van der Waals surface area contributed by atoms with Crippen molar-refractivity contribution >= 4 is 16.8 Å². The lowest BCUT2D eigenvalue weighted by atomic mass is 9.94. The van der Waals surface area contributed by atoms with Gasteiger partial charge in [0.05, 0.1) is 6.42 Å². The average molecular weight is 322 g/mol. The smallest absolute Gasteiger partial charge is 0.227 e. The van der Waals surface area contributed by atoms with Crippen LogP contribution in [0.2, 0.25) is 0 Å². The molecule has 3 aromatic rings. The van der Waals surface area contributed by atoms with Gasteiger partial charge >= 0.3 is 0 Å². The molecule has 0 bridgehead atoms. The van der Waals surface area contributed by atoms with Crippen molar-refractivity contribution in [3.63, 3.8) is 0 Å². The van der Waals surface area contributed by atoms with Gasteiger partial charge in [0, 0.05) is 47.5 Å². The van der Waals surface area contributed by atoms with Crippen LogP contribution in [0.15, 0.2) is 36.5 Å². The number of likely N-dealkylation sites (tertiary alicyclic amines) is 1. The topological polar surface area (TPSA) is 64.8 Å². The number of fused-ring (bicyclic) bond motifs is 1. The van der Waals surface area contributed by atoms with Crippen LogP contribution < -0.4 is 0 Å². The highest BCUT2D eigenvalue weighted by Gasteiger charge is 2.26. The molecule has 2 N–H and O–H groups in total. The van der Waals surface area contributed by atoms with Gasteiger partial charge < -0.3 is 9.88 Å². The number of piperidine rings is 1. The van der Waals surface area contributed by atoms with E-state index in [1.807, 2.05) is 30.0 Å². The molecule has 1 fully saturated rings. The minimum absolute atomic E-state index is 0.215. The number of aromatic amines is 2. The van der Waals surface area contributed by atoms with Crippen LogP contribution in [0.25, 0.3) is 10.9 Å². The molecule has 24 heavy (non-hydrogen) atoms. The molecule has 1 amide bonds. The summed E-state index contributed by atoms with van der Waals surface area (Å²) in [5.74, 6) is 0.585. The van der Waals surface area contributed by atoms with E-state index in [9.17, 15) is 4.79 Å². The lowest BCUT2D eigenvalue weighted by molar-refractivity contribution is -0.131. The van der Waals surface area contributed by atoms with E-state index in [0.29, 0.717) is 12.3 Å². The third-order valence-corrected chi connectivity index (χ3v) is 5.09. The standard InChI is InChI=1S/C19H22N4O/c1-13-16(15-6-2-3-7-18(15)21-13)11-19(24)23-10-4-5-14(12-23)17-8-9-20-22-17/h2-3,6-9,14,21H,4-5,10-12H2,1H3,(H,20,22). The van der Waals surface area contributed by atoms with Crippen molar-refractivity contribution in [1.82, 2.24) is 20.1 Å². The molecule has 2 aromatic heterocycles. The first-order valence-electron chi connectivity index (χ1n) is 8.55. The molecule has 5 nitrogen and oxygen atoms in total. The van der Waals surface area contributed by atoms with Crippen LogP contribution in [-0.4, -0.2) is 39.1 Å². The second-order valence-corrected chi connectivity index (χ2v) is 6.64. The van der Waals surface area contributed by atoms with E-state index in [0.717, 1.165) is 53.8 Å². The summed E-state index contributed by atoms with van der Waals surface area (Å²) in [5, 5.41) is 8.25. The molecule has 0 saturated carbocycles. The number of para-hydroxylation sites is 1. The van der Waals surface area contributed by atoms with Gasteiger partial charge in [-0.1, -0.05) is 18.2 Å². The average Bonchev–Trinajstić information content (AvgIpc) is 3.24. The van der Waals surface area contributed by atoms with E-state index < -0.39 is 0 Å². The number of amides is 1. The first kappa shape index (κ1) is 15.0. The molecule has 3 heterocycles. The zero-order valence-electron chi connectivity index (χ0n) is 13.9. The second kappa shape index (κ2) is 6.15. The van der Waals surface area contributed by atoms with E-state index in [1.54, 1.807) is 6.20 Å². The van der Waals surface area contributed by atoms with Crippen LogP contribution in [-0.2, 0) is 11.2 Å². The molecule has 1 atom stereocenters. The first-order chi connectivity index (χ1) is 11.7. The second-order valence-electron chi connectivity index (χ2n) is 6.64. The van der Waals surface area contributed by atoms with E-state index >= 15 is 0 Å². The van der Waals surface area contributed by atoms with E-state index in [1.165, 1.54) is 0 Å². The van der Waals surface area contributed by atoms with E-state index in [-0.39, 0.29) is 5.91 Å².